The lowest BCUT2D eigenvalue weighted by atomic mass is 9.75. The van der Waals surface area contributed by atoms with Crippen LogP contribution >= 0.6 is 11.8 Å². The van der Waals surface area contributed by atoms with E-state index in [9.17, 15) is 4.79 Å². The van der Waals surface area contributed by atoms with Gasteiger partial charge in [0, 0.05) is 11.3 Å². The summed E-state index contributed by atoms with van der Waals surface area (Å²) in [7, 11) is 0. The third kappa shape index (κ3) is 3.66. The van der Waals surface area contributed by atoms with Crippen LogP contribution in [0.25, 0.3) is 0 Å². The Balaban J connectivity index is 1.86. The normalized spacial score (nSPS) is 30.2. The Hall–Kier alpha value is -0.220. The van der Waals surface area contributed by atoms with Gasteiger partial charge in [0.1, 0.15) is 0 Å². The van der Waals surface area contributed by atoms with E-state index in [1.165, 1.54) is 25.0 Å². The molecule has 0 radical (unpaired) electrons. The number of hydrogen-bond acceptors (Lipinski definition) is 3. The van der Waals surface area contributed by atoms with Crippen LogP contribution in [0.4, 0.5) is 0 Å². The SMILES string of the molecule is CCSC1CCC(NC(=O)C2(CC)CCNCC2)C1. The number of piperidine rings is 1. The second-order valence-corrected chi connectivity index (χ2v) is 7.52. The van der Waals surface area contributed by atoms with Gasteiger partial charge < -0.3 is 10.6 Å². The van der Waals surface area contributed by atoms with Crippen molar-refractivity contribution in [2.75, 3.05) is 18.8 Å². The molecule has 3 nitrogen and oxygen atoms in total. The Morgan fingerprint density at radius 2 is 2.05 bits per heavy atom. The maximum Gasteiger partial charge on any atom is 0.226 e. The number of hydrogen-bond donors (Lipinski definition) is 2. The molecule has 0 bridgehead atoms. The van der Waals surface area contributed by atoms with Gasteiger partial charge in [-0.3, -0.25) is 4.79 Å². The van der Waals surface area contributed by atoms with Gasteiger partial charge in [-0.1, -0.05) is 13.8 Å². The predicted molar refractivity (Wildman–Crippen MR) is 82.5 cm³/mol. The van der Waals surface area contributed by atoms with Crippen molar-refractivity contribution in [3.63, 3.8) is 0 Å². The molecule has 0 aromatic carbocycles. The number of rotatable bonds is 5. The van der Waals surface area contributed by atoms with Crippen LogP contribution in [0.15, 0.2) is 0 Å². The van der Waals surface area contributed by atoms with E-state index < -0.39 is 0 Å². The van der Waals surface area contributed by atoms with Crippen LogP contribution in [0.1, 0.15) is 52.4 Å². The van der Waals surface area contributed by atoms with Gasteiger partial charge in [-0.2, -0.15) is 11.8 Å². The quantitative estimate of drug-likeness (QED) is 0.815. The van der Waals surface area contributed by atoms with Crippen LogP contribution in [-0.4, -0.2) is 36.0 Å². The molecular formula is C15H28N2OS. The summed E-state index contributed by atoms with van der Waals surface area (Å²) in [6.45, 7) is 6.35. The standard InChI is InChI=1S/C15H28N2OS/c1-3-15(7-9-16-10-8-15)14(18)17-12-5-6-13(11-12)19-4-2/h12-13,16H,3-11H2,1-2H3,(H,17,18). The van der Waals surface area contributed by atoms with E-state index in [1.54, 1.807) is 0 Å². The van der Waals surface area contributed by atoms with E-state index in [1.807, 2.05) is 11.8 Å². The van der Waals surface area contributed by atoms with Gasteiger partial charge in [0.2, 0.25) is 5.91 Å². The summed E-state index contributed by atoms with van der Waals surface area (Å²) >= 11 is 2.05. The van der Waals surface area contributed by atoms with Crippen LogP contribution in [0, 0.1) is 5.41 Å². The van der Waals surface area contributed by atoms with Gasteiger partial charge in [0.15, 0.2) is 0 Å². The molecule has 4 heteroatoms. The van der Waals surface area contributed by atoms with Gasteiger partial charge in [0.25, 0.3) is 0 Å². The molecule has 2 fully saturated rings. The molecule has 2 atom stereocenters. The summed E-state index contributed by atoms with van der Waals surface area (Å²) in [5.74, 6) is 1.51. The molecule has 1 saturated heterocycles. The summed E-state index contributed by atoms with van der Waals surface area (Å²) in [4.78, 5) is 12.6. The Morgan fingerprint density at radius 1 is 1.32 bits per heavy atom. The predicted octanol–water partition coefficient (Wildman–Crippen LogP) is 2.56. The van der Waals surface area contributed by atoms with Crippen LogP contribution < -0.4 is 10.6 Å². The molecule has 0 aromatic rings. The lowest BCUT2D eigenvalue weighted by molar-refractivity contribution is -0.133. The van der Waals surface area contributed by atoms with Crippen LogP contribution in [0.2, 0.25) is 0 Å². The molecule has 1 aliphatic carbocycles. The monoisotopic (exact) mass is 284 g/mol. The van der Waals surface area contributed by atoms with Gasteiger partial charge in [-0.05, 0) is 57.4 Å². The smallest absolute Gasteiger partial charge is 0.226 e. The summed E-state index contributed by atoms with van der Waals surface area (Å²) in [6, 6.07) is 0.426. The van der Waals surface area contributed by atoms with Crippen molar-refractivity contribution in [3.05, 3.63) is 0 Å². The van der Waals surface area contributed by atoms with E-state index in [0.717, 1.165) is 37.6 Å². The molecule has 0 spiro atoms. The maximum absolute atomic E-state index is 12.6. The molecular weight excluding hydrogens is 256 g/mol. The summed E-state index contributed by atoms with van der Waals surface area (Å²) < 4.78 is 0. The third-order valence-corrected chi connectivity index (χ3v) is 6.07. The molecule has 1 heterocycles. The van der Waals surface area contributed by atoms with Crippen LogP contribution in [-0.2, 0) is 4.79 Å². The highest BCUT2D eigenvalue weighted by molar-refractivity contribution is 7.99. The number of thioether (sulfide) groups is 1. The largest absolute Gasteiger partial charge is 0.353 e. The minimum atomic E-state index is -0.0960. The molecule has 1 aliphatic heterocycles. The molecule has 0 aromatic heterocycles. The molecule has 2 N–H and O–H groups in total. The third-order valence-electron chi connectivity index (χ3n) is 4.84. The van der Waals surface area contributed by atoms with Crippen molar-refractivity contribution in [3.8, 4) is 0 Å². The molecule has 2 rings (SSSR count). The Kier molecular flexibility index (Phi) is 5.58. The van der Waals surface area contributed by atoms with Gasteiger partial charge in [-0.25, -0.2) is 0 Å². The van der Waals surface area contributed by atoms with Gasteiger partial charge in [0.05, 0.1) is 5.41 Å². The fourth-order valence-corrected chi connectivity index (χ4v) is 4.59. The molecule has 2 unspecified atom stereocenters. The van der Waals surface area contributed by atoms with Crippen LogP contribution in [0.3, 0.4) is 0 Å². The zero-order chi connectivity index (χ0) is 13.7. The second kappa shape index (κ2) is 6.98. The highest BCUT2D eigenvalue weighted by atomic mass is 32.2. The van der Waals surface area contributed by atoms with E-state index >= 15 is 0 Å². The van der Waals surface area contributed by atoms with E-state index in [2.05, 4.69) is 24.5 Å². The number of nitrogens with one attached hydrogen (secondary N) is 2. The van der Waals surface area contributed by atoms with Crippen LogP contribution in [0.5, 0.6) is 0 Å². The van der Waals surface area contributed by atoms with Gasteiger partial charge >= 0.3 is 0 Å². The lowest BCUT2D eigenvalue weighted by Gasteiger charge is -2.36. The molecule has 1 amide bonds. The molecule has 1 saturated carbocycles. The van der Waals surface area contributed by atoms with E-state index in [-0.39, 0.29) is 5.41 Å². The topological polar surface area (TPSA) is 41.1 Å². The van der Waals surface area contributed by atoms with Crippen molar-refractivity contribution in [1.82, 2.24) is 10.6 Å². The van der Waals surface area contributed by atoms with E-state index in [0.29, 0.717) is 11.9 Å². The number of amides is 1. The first-order valence-corrected chi connectivity index (χ1v) is 8.88. The zero-order valence-corrected chi connectivity index (χ0v) is 13.2. The Labute approximate surface area is 121 Å². The van der Waals surface area contributed by atoms with Crippen molar-refractivity contribution < 1.29 is 4.79 Å². The molecule has 2 aliphatic rings. The highest BCUT2D eigenvalue weighted by Crippen LogP contribution is 2.35. The highest BCUT2D eigenvalue weighted by Gasteiger charge is 2.39. The lowest BCUT2D eigenvalue weighted by Crippen LogP contribution is -2.49. The first kappa shape index (κ1) is 15.2. The average molecular weight is 284 g/mol. The van der Waals surface area contributed by atoms with Gasteiger partial charge in [-0.15, -0.1) is 0 Å². The average Bonchev–Trinajstić information content (AvgIpc) is 2.87. The van der Waals surface area contributed by atoms with E-state index in [4.69, 9.17) is 0 Å². The first-order valence-electron chi connectivity index (χ1n) is 7.83. The van der Waals surface area contributed by atoms with Crippen molar-refractivity contribution in [2.24, 2.45) is 5.41 Å². The maximum atomic E-state index is 12.6. The molecule has 110 valence electrons. The van der Waals surface area contributed by atoms with Crippen molar-refractivity contribution in [1.29, 1.82) is 0 Å². The molecule has 19 heavy (non-hydrogen) atoms. The summed E-state index contributed by atoms with van der Waals surface area (Å²) in [5, 5.41) is 7.48. The van der Waals surface area contributed by atoms with Crippen molar-refractivity contribution in [2.45, 2.75) is 63.7 Å². The fraction of sp³-hybridized carbons (Fsp3) is 0.933. The van der Waals surface area contributed by atoms with Crippen molar-refractivity contribution >= 4 is 17.7 Å². The first-order chi connectivity index (χ1) is 9.20. The number of carbonyl (C=O) groups is 1. The minimum Gasteiger partial charge on any atom is -0.353 e. The summed E-state index contributed by atoms with van der Waals surface area (Å²) in [6.07, 6.45) is 6.57. The Bertz CT molecular complexity index is 303. The fourth-order valence-electron chi connectivity index (χ4n) is 3.44. The number of carbonyl (C=O) groups excluding carboxylic acids is 1. The minimum absolute atomic E-state index is 0.0960. The second-order valence-electron chi connectivity index (χ2n) is 5.94. The zero-order valence-electron chi connectivity index (χ0n) is 12.3. The Morgan fingerprint density at radius 3 is 2.68 bits per heavy atom. The summed E-state index contributed by atoms with van der Waals surface area (Å²) in [5.41, 5.74) is -0.0960.